The maximum absolute atomic E-state index is 11.3. The molecule has 0 bridgehead atoms. The molecule has 12 heavy (non-hydrogen) atoms. The lowest BCUT2D eigenvalue weighted by Gasteiger charge is -2.10. The summed E-state index contributed by atoms with van der Waals surface area (Å²) in [5.74, 6) is 0.436. The predicted octanol–water partition coefficient (Wildman–Crippen LogP) is 2.78. The van der Waals surface area contributed by atoms with Crippen molar-refractivity contribution in [2.24, 2.45) is 0 Å². The topological polar surface area (TPSA) is 17.1 Å². The first-order valence-corrected chi connectivity index (χ1v) is 4.75. The molecule has 64 valence electrons. The molecule has 0 amide bonds. The van der Waals surface area contributed by atoms with Gasteiger partial charge in [0, 0.05) is 12.8 Å². The summed E-state index contributed by atoms with van der Waals surface area (Å²) in [4.78, 5) is 11.3. The van der Waals surface area contributed by atoms with Crippen LogP contribution in [0.1, 0.15) is 38.5 Å². The van der Waals surface area contributed by atoms with Gasteiger partial charge in [0.05, 0.1) is 0 Å². The van der Waals surface area contributed by atoms with E-state index in [-0.39, 0.29) is 0 Å². The van der Waals surface area contributed by atoms with Crippen molar-refractivity contribution in [2.75, 3.05) is 0 Å². The molecule has 0 aliphatic heterocycles. The van der Waals surface area contributed by atoms with Crippen molar-refractivity contribution >= 4 is 5.78 Å². The molecule has 0 aromatic heterocycles. The molecule has 2 aliphatic carbocycles. The number of Topliss-reactive ketones (excluding diaryl/α,β-unsaturated/α-hetero) is 1. The standard InChI is InChI=1S/C11H14O/c12-11-7-2-1-4-9-5-3-6-10(9)8-11/h3,5H,1-2,4,6-8H2. The van der Waals surface area contributed by atoms with E-state index in [0.717, 1.165) is 25.7 Å². The van der Waals surface area contributed by atoms with Crippen LogP contribution < -0.4 is 0 Å². The van der Waals surface area contributed by atoms with Gasteiger partial charge < -0.3 is 0 Å². The fraction of sp³-hybridized carbons (Fsp3) is 0.545. The van der Waals surface area contributed by atoms with Crippen LogP contribution in [0.25, 0.3) is 0 Å². The molecule has 2 aliphatic rings. The minimum atomic E-state index is 0.436. The molecule has 0 aromatic carbocycles. The number of hydrogen-bond acceptors (Lipinski definition) is 1. The highest BCUT2D eigenvalue weighted by Crippen LogP contribution is 2.28. The third-order valence-electron chi connectivity index (χ3n) is 2.70. The summed E-state index contributed by atoms with van der Waals surface area (Å²) in [5.41, 5.74) is 2.84. The van der Waals surface area contributed by atoms with Gasteiger partial charge in [0.25, 0.3) is 0 Å². The lowest BCUT2D eigenvalue weighted by atomic mass is 9.94. The van der Waals surface area contributed by atoms with E-state index in [1.165, 1.54) is 24.0 Å². The summed E-state index contributed by atoms with van der Waals surface area (Å²) in [7, 11) is 0. The zero-order chi connectivity index (χ0) is 8.39. The van der Waals surface area contributed by atoms with Gasteiger partial charge in [-0.2, -0.15) is 0 Å². The molecule has 1 nitrogen and oxygen atoms in total. The Morgan fingerprint density at radius 1 is 1.17 bits per heavy atom. The van der Waals surface area contributed by atoms with Crippen molar-refractivity contribution < 1.29 is 4.79 Å². The molecule has 0 heterocycles. The van der Waals surface area contributed by atoms with Crippen LogP contribution in [0.15, 0.2) is 23.3 Å². The SMILES string of the molecule is O=C1CCCCC2=C(CC=C2)C1. The summed E-state index contributed by atoms with van der Waals surface area (Å²) in [6.45, 7) is 0. The summed E-state index contributed by atoms with van der Waals surface area (Å²) >= 11 is 0. The van der Waals surface area contributed by atoms with Crippen LogP contribution in [0, 0.1) is 0 Å². The van der Waals surface area contributed by atoms with Crippen molar-refractivity contribution in [3.63, 3.8) is 0 Å². The van der Waals surface area contributed by atoms with Crippen molar-refractivity contribution in [1.29, 1.82) is 0 Å². The van der Waals surface area contributed by atoms with E-state index in [2.05, 4.69) is 12.2 Å². The van der Waals surface area contributed by atoms with Gasteiger partial charge in [0.15, 0.2) is 0 Å². The molecule has 0 saturated carbocycles. The van der Waals surface area contributed by atoms with Gasteiger partial charge in [-0.1, -0.05) is 17.7 Å². The molecule has 0 saturated heterocycles. The van der Waals surface area contributed by atoms with Crippen LogP contribution in [0.2, 0.25) is 0 Å². The second kappa shape index (κ2) is 3.26. The van der Waals surface area contributed by atoms with Crippen LogP contribution >= 0.6 is 0 Å². The molecule has 0 N–H and O–H groups in total. The third-order valence-corrected chi connectivity index (χ3v) is 2.70. The molecular weight excluding hydrogens is 148 g/mol. The van der Waals surface area contributed by atoms with E-state index in [1.807, 2.05) is 0 Å². The van der Waals surface area contributed by atoms with Crippen LogP contribution in [0.4, 0.5) is 0 Å². The Morgan fingerprint density at radius 2 is 2.00 bits per heavy atom. The molecule has 0 radical (unpaired) electrons. The van der Waals surface area contributed by atoms with E-state index in [1.54, 1.807) is 0 Å². The second-order valence-electron chi connectivity index (χ2n) is 3.66. The van der Waals surface area contributed by atoms with Crippen LogP contribution in [-0.4, -0.2) is 5.78 Å². The van der Waals surface area contributed by atoms with Gasteiger partial charge in [-0.3, -0.25) is 4.79 Å². The van der Waals surface area contributed by atoms with E-state index in [9.17, 15) is 4.79 Å². The Bertz CT molecular complexity index is 258. The molecule has 0 unspecified atom stereocenters. The van der Waals surface area contributed by atoms with Gasteiger partial charge in [0.1, 0.15) is 5.78 Å². The summed E-state index contributed by atoms with van der Waals surface area (Å²) < 4.78 is 0. The Kier molecular flexibility index (Phi) is 2.11. The lowest BCUT2D eigenvalue weighted by Crippen LogP contribution is -2.03. The Morgan fingerprint density at radius 3 is 2.92 bits per heavy atom. The minimum Gasteiger partial charge on any atom is -0.299 e. The summed E-state index contributed by atoms with van der Waals surface area (Å²) in [6, 6.07) is 0. The van der Waals surface area contributed by atoms with E-state index in [4.69, 9.17) is 0 Å². The Labute approximate surface area is 73.2 Å². The summed E-state index contributed by atoms with van der Waals surface area (Å²) in [6.07, 6.45) is 10.4. The molecule has 2 rings (SSSR count). The monoisotopic (exact) mass is 162 g/mol. The molecule has 0 atom stereocenters. The number of rotatable bonds is 0. The third kappa shape index (κ3) is 1.50. The fourth-order valence-electron chi connectivity index (χ4n) is 2.00. The first-order valence-electron chi connectivity index (χ1n) is 4.75. The highest BCUT2D eigenvalue weighted by molar-refractivity contribution is 5.81. The van der Waals surface area contributed by atoms with Gasteiger partial charge >= 0.3 is 0 Å². The smallest absolute Gasteiger partial charge is 0.136 e. The first-order chi connectivity index (χ1) is 5.86. The number of allylic oxidation sites excluding steroid dienone is 4. The average molecular weight is 162 g/mol. The zero-order valence-corrected chi connectivity index (χ0v) is 7.31. The van der Waals surface area contributed by atoms with Gasteiger partial charge in [-0.25, -0.2) is 0 Å². The fourth-order valence-corrected chi connectivity index (χ4v) is 2.00. The van der Waals surface area contributed by atoms with Gasteiger partial charge in [-0.05, 0) is 31.3 Å². The quantitative estimate of drug-likeness (QED) is 0.535. The first kappa shape index (κ1) is 7.78. The maximum Gasteiger partial charge on any atom is 0.136 e. The molecule has 0 spiro atoms. The van der Waals surface area contributed by atoms with Crippen molar-refractivity contribution in [3.05, 3.63) is 23.3 Å². The Balaban J connectivity index is 2.16. The number of hydrogen-bond donors (Lipinski definition) is 0. The van der Waals surface area contributed by atoms with Crippen molar-refractivity contribution in [2.45, 2.75) is 38.5 Å². The normalized spacial score (nSPS) is 23.8. The molecular formula is C11H14O. The lowest BCUT2D eigenvalue weighted by molar-refractivity contribution is -0.118. The predicted molar refractivity (Wildman–Crippen MR) is 48.9 cm³/mol. The maximum atomic E-state index is 11.3. The highest BCUT2D eigenvalue weighted by atomic mass is 16.1. The zero-order valence-electron chi connectivity index (χ0n) is 7.31. The average Bonchev–Trinajstić information content (AvgIpc) is 2.42. The van der Waals surface area contributed by atoms with Gasteiger partial charge in [-0.15, -0.1) is 0 Å². The molecule has 0 fully saturated rings. The summed E-state index contributed by atoms with van der Waals surface area (Å²) in [5, 5.41) is 0. The molecule has 0 aromatic rings. The second-order valence-corrected chi connectivity index (χ2v) is 3.66. The van der Waals surface area contributed by atoms with Gasteiger partial charge in [0.2, 0.25) is 0 Å². The van der Waals surface area contributed by atoms with E-state index in [0.29, 0.717) is 5.78 Å². The van der Waals surface area contributed by atoms with E-state index < -0.39 is 0 Å². The number of carbonyl (C=O) groups is 1. The van der Waals surface area contributed by atoms with Crippen LogP contribution in [0.3, 0.4) is 0 Å². The highest BCUT2D eigenvalue weighted by Gasteiger charge is 2.15. The number of carbonyl (C=O) groups excluding carboxylic acids is 1. The largest absolute Gasteiger partial charge is 0.299 e. The van der Waals surface area contributed by atoms with Crippen molar-refractivity contribution in [3.8, 4) is 0 Å². The number of ketones is 1. The van der Waals surface area contributed by atoms with E-state index >= 15 is 0 Å². The molecule has 1 heteroatoms. The van der Waals surface area contributed by atoms with Crippen LogP contribution in [-0.2, 0) is 4.79 Å². The van der Waals surface area contributed by atoms with Crippen molar-refractivity contribution in [1.82, 2.24) is 0 Å². The minimum absolute atomic E-state index is 0.436. The Hall–Kier alpha value is -0.850. The van der Waals surface area contributed by atoms with Crippen LogP contribution in [0.5, 0.6) is 0 Å².